The van der Waals surface area contributed by atoms with Gasteiger partial charge in [-0.2, -0.15) is 0 Å². The summed E-state index contributed by atoms with van der Waals surface area (Å²) >= 11 is 0. The van der Waals surface area contributed by atoms with Crippen LogP contribution in [0.4, 0.5) is 5.69 Å². The largest absolute Gasteiger partial charge is 0.274 e. The molecule has 1 aromatic rings. The fourth-order valence-corrected chi connectivity index (χ4v) is 3.76. The van der Waals surface area contributed by atoms with Crippen LogP contribution >= 0.6 is 0 Å². The van der Waals surface area contributed by atoms with Crippen molar-refractivity contribution < 1.29 is 18.0 Å². The first-order valence-corrected chi connectivity index (χ1v) is 8.59. The van der Waals surface area contributed by atoms with Gasteiger partial charge in [-0.15, -0.1) is 0 Å². The van der Waals surface area contributed by atoms with E-state index in [4.69, 9.17) is 0 Å². The SMILES string of the molecule is CC(C)CN(C)S(=O)(=O)c1ccc(N2C(=O)CCC2=O)cc1. The third-order valence-corrected chi connectivity index (χ3v) is 5.31. The average Bonchev–Trinajstić information content (AvgIpc) is 2.77. The molecule has 6 nitrogen and oxygen atoms in total. The van der Waals surface area contributed by atoms with E-state index in [-0.39, 0.29) is 35.5 Å². The van der Waals surface area contributed by atoms with Crippen molar-refractivity contribution in [2.24, 2.45) is 5.92 Å². The monoisotopic (exact) mass is 324 g/mol. The molecule has 1 heterocycles. The van der Waals surface area contributed by atoms with E-state index in [9.17, 15) is 18.0 Å². The molecule has 1 saturated heterocycles. The van der Waals surface area contributed by atoms with Crippen molar-refractivity contribution >= 4 is 27.5 Å². The second kappa shape index (κ2) is 6.18. The van der Waals surface area contributed by atoms with Crippen molar-refractivity contribution in [1.29, 1.82) is 0 Å². The zero-order valence-corrected chi connectivity index (χ0v) is 13.8. The summed E-state index contributed by atoms with van der Waals surface area (Å²) in [4.78, 5) is 24.6. The minimum Gasteiger partial charge on any atom is -0.274 e. The molecule has 0 N–H and O–H groups in total. The van der Waals surface area contributed by atoms with Gasteiger partial charge in [0.05, 0.1) is 10.6 Å². The first kappa shape index (κ1) is 16.6. The Bertz CT molecular complexity index is 664. The number of hydrogen-bond donors (Lipinski definition) is 0. The molecule has 0 saturated carbocycles. The Labute approximate surface area is 130 Å². The van der Waals surface area contributed by atoms with E-state index in [1.165, 1.54) is 35.6 Å². The molecule has 0 aliphatic carbocycles. The Hall–Kier alpha value is -1.73. The summed E-state index contributed by atoms with van der Waals surface area (Å²) in [7, 11) is -2.02. The second-order valence-corrected chi connectivity index (χ2v) is 7.84. The van der Waals surface area contributed by atoms with Crippen molar-refractivity contribution in [2.45, 2.75) is 31.6 Å². The van der Waals surface area contributed by atoms with Gasteiger partial charge < -0.3 is 0 Å². The lowest BCUT2D eigenvalue weighted by molar-refractivity contribution is -0.121. The smallest absolute Gasteiger partial charge is 0.242 e. The van der Waals surface area contributed by atoms with E-state index in [1.54, 1.807) is 0 Å². The highest BCUT2D eigenvalue weighted by Gasteiger charge is 2.30. The number of carbonyl (C=O) groups excluding carboxylic acids is 2. The van der Waals surface area contributed by atoms with E-state index in [1.807, 2.05) is 13.8 Å². The number of nitrogens with zero attached hydrogens (tertiary/aromatic N) is 2. The van der Waals surface area contributed by atoms with Crippen molar-refractivity contribution in [2.75, 3.05) is 18.5 Å². The maximum absolute atomic E-state index is 12.4. The van der Waals surface area contributed by atoms with Gasteiger partial charge in [0, 0.05) is 26.4 Å². The van der Waals surface area contributed by atoms with Crippen LogP contribution in [0.5, 0.6) is 0 Å². The Morgan fingerprint density at radius 2 is 1.59 bits per heavy atom. The molecule has 1 aliphatic heterocycles. The predicted octanol–water partition coefficient (Wildman–Crippen LogP) is 1.62. The lowest BCUT2D eigenvalue weighted by Gasteiger charge is -2.20. The number of rotatable bonds is 5. The van der Waals surface area contributed by atoms with E-state index in [0.29, 0.717) is 12.2 Å². The number of hydrogen-bond acceptors (Lipinski definition) is 4. The molecular formula is C15H20N2O4S. The highest BCUT2D eigenvalue weighted by molar-refractivity contribution is 7.89. The summed E-state index contributed by atoms with van der Waals surface area (Å²) in [6.07, 6.45) is 0.409. The van der Waals surface area contributed by atoms with E-state index in [0.717, 1.165) is 4.90 Å². The number of benzene rings is 1. The fraction of sp³-hybridized carbons (Fsp3) is 0.467. The van der Waals surface area contributed by atoms with Crippen LogP contribution in [0.15, 0.2) is 29.2 Å². The molecule has 0 atom stereocenters. The van der Waals surface area contributed by atoms with Gasteiger partial charge in [0.2, 0.25) is 21.8 Å². The maximum atomic E-state index is 12.4. The van der Waals surface area contributed by atoms with Crippen LogP contribution in [0, 0.1) is 5.92 Å². The second-order valence-electron chi connectivity index (χ2n) is 5.80. The third kappa shape index (κ3) is 3.20. The normalized spacial score (nSPS) is 16.1. The summed E-state index contributed by atoms with van der Waals surface area (Å²) in [5.74, 6) is -0.283. The molecule has 0 bridgehead atoms. The zero-order chi connectivity index (χ0) is 16.5. The minimum atomic E-state index is -3.56. The third-order valence-electron chi connectivity index (χ3n) is 3.48. The van der Waals surface area contributed by atoms with Gasteiger partial charge in [0.25, 0.3) is 0 Å². The predicted molar refractivity (Wildman–Crippen MR) is 82.8 cm³/mol. The summed E-state index contributed by atoms with van der Waals surface area (Å²) < 4.78 is 26.1. The average molecular weight is 324 g/mol. The topological polar surface area (TPSA) is 74.8 Å². The quantitative estimate of drug-likeness (QED) is 0.771. The molecule has 0 aromatic heterocycles. The van der Waals surface area contributed by atoms with Crippen LogP contribution in [0.25, 0.3) is 0 Å². The molecular weight excluding hydrogens is 304 g/mol. The number of imide groups is 1. The number of sulfonamides is 1. The number of anilines is 1. The Balaban J connectivity index is 2.25. The zero-order valence-electron chi connectivity index (χ0n) is 12.9. The van der Waals surface area contributed by atoms with Crippen LogP contribution in [-0.4, -0.2) is 38.1 Å². The van der Waals surface area contributed by atoms with E-state index in [2.05, 4.69) is 0 Å². The van der Waals surface area contributed by atoms with Crippen LogP contribution in [0.1, 0.15) is 26.7 Å². The van der Waals surface area contributed by atoms with Crippen molar-refractivity contribution in [3.05, 3.63) is 24.3 Å². The van der Waals surface area contributed by atoms with Gasteiger partial charge in [-0.05, 0) is 30.2 Å². The van der Waals surface area contributed by atoms with Gasteiger partial charge in [0.1, 0.15) is 0 Å². The van der Waals surface area contributed by atoms with Crippen LogP contribution < -0.4 is 4.90 Å². The lowest BCUT2D eigenvalue weighted by Crippen LogP contribution is -2.31. The van der Waals surface area contributed by atoms with Crippen molar-refractivity contribution in [1.82, 2.24) is 4.31 Å². The Kier molecular flexibility index (Phi) is 4.67. The van der Waals surface area contributed by atoms with E-state index >= 15 is 0 Å². The van der Waals surface area contributed by atoms with Gasteiger partial charge in [0.15, 0.2) is 0 Å². The maximum Gasteiger partial charge on any atom is 0.242 e. The summed E-state index contributed by atoms with van der Waals surface area (Å²) in [6.45, 7) is 4.31. The molecule has 7 heteroatoms. The fourth-order valence-electron chi connectivity index (χ4n) is 2.42. The van der Waals surface area contributed by atoms with Gasteiger partial charge >= 0.3 is 0 Å². The molecule has 1 fully saturated rings. The Morgan fingerprint density at radius 3 is 2.05 bits per heavy atom. The molecule has 2 rings (SSSR count). The number of carbonyl (C=O) groups is 2. The molecule has 1 aliphatic rings. The summed E-state index contributed by atoms with van der Waals surface area (Å²) in [5.41, 5.74) is 0.415. The Morgan fingerprint density at radius 1 is 1.09 bits per heavy atom. The molecule has 22 heavy (non-hydrogen) atoms. The van der Waals surface area contributed by atoms with E-state index < -0.39 is 10.0 Å². The molecule has 1 aromatic carbocycles. The van der Waals surface area contributed by atoms with Gasteiger partial charge in [-0.3, -0.25) is 14.5 Å². The molecule has 0 unspecified atom stereocenters. The minimum absolute atomic E-state index is 0.151. The van der Waals surface area contributed by atoms with Crippen LogP contribution in [0.2, 0.25) is 0 Å². The molecule has 2 amide bonds. The highest BCUT2D eigenvalue weighted by Crippen LogP contribution is 2.25. The molecule has 120 valence electrons. The first-order valence-electron chi connectivity index (χ1n) is 7.15. The van der Waals surface area contributed by atoms with Gasteiger partial charge in [-0.1, -0.05) is 13.8 Å². The van der Waals surface area contributed by atoms with Crippen molar-refractivity contribution in [3.63, 3.8) is 0 Å². The van der Waals surface area contributed by atoms with Crippen LogP contribution in [-0.2, 0) is 19.6 Å². The number of amides is 2. The van der Waals surface area contributed by atoms with Gasteiger partial charge in [-0.25, -0.2) is 12.7 Å². The van der Waals surface area contributed by atoms with Crippen LogP contribution in [0.3, 0.4) is 0 Å². The summed E-state index contributed by atoms with van der Waals surface area (Å²) in [5, 5.41) is 0. The lowest BCUT2D eigenvalue weighted by atomic mass is 10.2. The standard InChI is InChI=1S/C15H20N2O4S/c1-11(2)10-16(3)22(20,21)13-6-4-12(5-7-13)17-14(18)8-9-15(17)19/h4-7,11H,8-10H2,1-3H3. The van der Waals surface area contributed by atoms with Crippen molar-refractivity contribution in [3.8, 4) is 0 Å². The first-order chi connectivity index (χ1) is 10.2. The summed E-state index contributed by atoms with van der Waals surface area (Å²) in [6, 6.07) is 5.86. The molecule has 0 spiro atoms. The highest BCUT2D eigenvalue weighted by atomic mass is 32.2. The molecule has 0 radical (unpaired) electrons.